The van der Waals surface area contributed by atoms with Gasteiger partial charge >= 0.3 is 0 Å². The molecule has 0 atom stereocenters. The standard InChI is InChI=1S/C15H17FN2O2/c1-11-12(6-8-20-11)10-18(2)7-5-15(19)14-4-3-13(16)9-17-14/h3-4,6,8-9H,5,7,10H2,1-2H3. The molecule has 0 fully saturated rings. The molecule has 2 rings (SSSR count). The van der Waals surface area contributed by atoms with Gasteiger partial charge in [0.2, 0.25) is 0 Å². The molecule has 0 aromatic carbocycles. The Morgan fingerprint density at radius 2 is 2.20 bits per heavy atom. The molecule has 0 amide bonds. The summed E-state index contributed by atoms with van der Waals surface area (Å²) in [6.45, 7) is 3.26. The van der Waals surface area contributed by atoms with E-state index < -0.39 is 5.82 Å². The van der Waals surface area contributed by atoms with Gasteiger partial charge < -0.3 is 9.32 Å². The van der Waals surface area contributed by atoms with Crippen LogP contribution in [0.5, 0.6) is 0 Å². The van der Waals surface area contributed by atoms with Crippen LogP contribution in [0, 0.1) is 12.7 Å². The van der Waals surface area contributed by atoms with E-state index in [4.69, 9.17) is 4.42 Å². The molecule has 20 heavy (non-hydrogen) atoms. The lowest BCUT2D eigenvalue weighted by Gasteiger charge is -2.15. The number of ketones is 1. The van der Waals surface area contributed by atoms with Gasteiger partial charge in [-0.2, -0.15) is 0 Å². The topological polar surface area (TPSA) is 46.3 Å². The number of furan rings is 1. The summed E-state index contributed by atoms with van der Waals surface area (Å²) in [5.74, 6) is 0.373. The number of rotatable bonds is 6. The van der Waals surface area contributed by atoms with Crippen LogP contribution in [0.3, 0.4) is 0 Å². The Morgan fingerprint density at radius 3 is 2.80 bits per heavy atom. The molecule has 2 aromatic rings. The predicted octanol–water partition coefficient (Wildman–Crippen LogP) is 2.83. The first-order chi connectivity index (χ1) is 9.56. The number of carbonyl (C=O) groups excluding carboxylic acids is 1. The zero-order valence-corrected chi connectivity index (χ0v) is 11.6. The fourth-order valence-electron chi connectivity index (χ4n) is 1.91. The lowest BCUT2D eigenvalue weighted by atomic mass is 10.2. The molecule has 0 N–H and O–H groups in total. The van der Waals surface area contributed by atoms with Crippen LogP contribution < -0.4 is 0 Å². The van der Waals surface area contributed by atoms with Crippen molar-refractivity contribution in [3.63, 3.8) is 0 Å². The van der Waals surface area contributed by atoms with Crippen LogP contribution in [0.2, 0.25) is 0 Å². The van der Waals surface area contributed by atoms with Crippen molar-refractivity contribution >= 4 is 5.78 Å². The lowest BCUT2D eigenvalue weighted by molar-refractivity contribution is 0.0963. The molecule has 0 aliphatic rings. The fourth-order valence-corrected chi connectivity index (χ4v) is 1.91. The van der Waals surface area contributed by atoms with Gasteiger partial charge in [-0.05, 0) is 32.2 Å². The number of aryl methyl sites for hydroxylation is 1. The number of Topliss-reactive ketones (excluding diaryl/α,β-unsaturated/α-hetero) is 1. The van der Waals surface area contributed by atoms with Gasteiger partial charge in [-0.15, -0.1) is 0 Å². The third-order valence-electron chi connectivity index (χ3n) is 3.14. The zero-order chi connectivity index (χ0) is 14.5. The summed E-state index contributed by atoms with van der Waals surface area (Å²) in [6.07, 6.45) is 3.07. The summed E-state index contributed by atoms with van der Waals surface area (Å²) in [6, 6.07) is 4.59. The molecule has 0 saturated carbocycles. The molecular formula is C15H17FN2O2. The molecule has 4 nitrogen and oxygen atoms in total. The Kier molecular flexibility index (Phi) is 4.63. The Bertz CT molecular complexity index is 578. The maximum atomic E-state index is 12.7. The first-order valence-corrected chi connectivity index (χ1v) is 6.42. The summed E-state index contributed by atoms with van der Waals surface area (Å²) in [5.41, 5.74) is 1.42. The first-order valence-electron chi connectivity index (χ1n) is 6.42. The highest BCUT2D eigenvalue weighted by Crippen LogP contribution is 2.11. The van der Waals surface area contributed by atoms with E-state index in [-0.39, 0.29) is 5.78 Å². The van der Waals surface area contributed by atoms with Crippen LogP contribution in [-0.2, 0) is 6.54 Å². The summed E-state index contributed by atoms with van der Waals surface area (Å²) in [7, 11) is 1.94. The monoisotopic (exact) mass is 276 g/mol. The molecule has 2 heterocycles. The summed E-state index contributed by atoms with van der Waals surface area (Å²) in [4.78, 5) is 17.7. The molecule has 0 aliphatic carbocycles. The number of carbonyl (C=O) groups is 1. The average Bonchev–Trinajstić information content (AvgIpc) is 2.82. The predicted molar refractivity (Wildman–Crippen MR) is 72.9 cm³/mol. The normalized spacial score (nSPS) is 11.0. The van der Waals surface area contributed by atoms with Crippen molar-refractivity contribution in [2.45, 2.75) is 19.9 Å². The van der Waals surface area contributed by atoms with E-state index in [1.165, 1.54) is 12.1 Å². The molecule has 0 bridgehead atoms. The molecule has 106 valence electrons. The van der Waals surface area contributed by atoms with E-state index >= 15 is 0 Å². The average molecular weight is 276 g/mol. The summed E-state index contributed by atoms with van der Waals surface area (Å²) >= 11 is 0. The second-order valence-electron chi connectivity index (χ2n) is 4.77. The van der Waals surface area contributed by atoms with Gasteiger partial charge in [0.25, 0.3) is 0 Å². The Morgan fingerprint density at radius 1 is 1.40 bits per heavy atom. The number of halogens is 1. The number of aromatic nitrogens is 1. The number of nitrogens with zero attached hydrogens (tertiary/aromatic N) is 2. The van der Waals surface area contributed by atoms with E-state index in [0.717, 1.165) is 24.1 Å². The van der Waals surface area contributed by atoms with Crippen LogP contribution in [0.25, 0.3) is 0 Å². The van der Waals surface area contributed by atoms with Crippen molar-refractivity contribution in [2.24, 2.45) is 0 Å². The molecule has 0 unspecified atom stereocenters. The third-order valence-corrected chi connectivity index (χ3v) is 3.14. The number of hydrogen-bond acceptors (Lipinski definition) is 4. The summed E-state index contributed by atoms with van der Waals surface area (Å²) < 4.78 is 18.0. The van der Waals surface area contributed by atoms with Crippen LogP contribution in [0.1, 0.15) is 28.2 Å². The van der Waals surface area contributed by atoms with Crippen molar-refractivity contribution < 1.29 is 13.6 Å². The van der Waals surface area contributed by atoms with Crippen LogP contribution >= 0.6 is 0 Å². The van der Waals surface area contributed by atoms with Gasteiger partial charge in [0.15, 0.2) is 5.78 Å². The maximum Gasteiger partial charge on any atom is 0.182 e. The van der Waals surface area contributed by atoms with E-state index in [1.807, 2.05) is 24.9 Å². The molecular weight excluding hydrogens is 259 g/mol. The van der Waals surface area contributed by atoms with Crippen LogP contribution in [0.4, 0.5) is 4.39 Å². The van der Waals surface area contributed by atoms with Gasteiger partial charge in [0.1, 0.15) is 17.3 Å². The number of hydrogen-bond donors (Lipinski definition) is 0. The second-order valence-corrected chi connectivity index (χ2v) is 4.77. The van der Waals surface area contributed by atoms with E-state index in [2.05, 4.69) is 4.98 Å². The van der Waals surface area contributed by atoms with Gasteiger partial charge in [-0.1, -0.05) is 0 Å². The largest absolute Gasteiger partial charge is 0.469 e. The fraction of sp³-hybridized carbons (Fsp3) is 0.333. The van der Waals surface area contributed by atoms with Crippen molar-refractivity contribution in [3.8, 4) is 0 Å². The highest BCUT2D eigenvalue weighted by Gasteiger charge is 2.10. The Labute approximate surface area is 117 Å². The van der Waals surface area contributed by atoms with Crippen molar-refractivity contribution in [3.05, 3.63) is 53.5 Å². The lowest BCUT2D eigenvalue weighted by Crippen LogP contribution is -2.21. The van der Waals surface area contributed by atoms with Crippen molar-refractivity contribution in [1.82, 2.24) is 9.88 Å². The molecule has 0 spiro atoms. The maximum absolute atomic E-state index is 12.7. The van der Waals surface area contributed by atoms with Crippen LogP contribution in [-0.4, -0.2) is 29.3 Å². The summed E-state index contributed by atoms with van der Waals surface area (Å²) in [5, 5.41) is 0. The zero-order valence-electron chi connectivity index (χ0n) is 11.6. The minimum absolute atomic E-state index is 0.0826. The van der Waals surface area contributed by atoms with E-state index in [9.17, 15) is 9.18 Å². The van der Waals surface area contributed by atoms with Gasteiger partial charge in [-0.3, -0.25) is 9.78 Å². The molecule has 0 aliphatic heterocycles. The van der Waals surface area contributed by atoms with Gasteiger partial charge in [-0.25, -0.2) is 4.39 Å². The van der Waals surface area contributed by atoms with Crippen molar-refractivity contribution in [1.29, 1.82) is 0 Å². The first kappa shape index (κ1) is 14.4. The minimum atomic E-state index is -0.436. The second kappa shape index (κ2) is 6.43. The number of pyridine rings is 1. The molecule has 2 aromatic heterocycles. The molecule has 5 heteroatoms. The molecule has 0 saturated heterocycles. The van der Waals surface area contributed by atoms with Gasteiger partial charge in [0.05, 0.1) is 12.5 Å². The SMILES string of the molecule is Cc1occc1CN(C)CCC(=O)c1ccc(F)cn1. The van der Waals surface area contributed by atoms with E-state index in [0.29, 0.717) is 18.7 Å². The highest BCUT2D eigenvalue weighted by molar-refractivity contribution is 5.94. The van der Waals surface area contributed by atoms with E-state index in [1.54, 1.807) is 6.26 Å². The highest BCUT2D eigenvalue weighted by atomic mass is 19.1. The smallest absolute Gasteiger partial charge is 0.182 e. The Hall–Kier alpha value is -2.01. The third kappa shape index (κ3) is 3.74. The minimum Gasteiger partial charge on any atom is -0.469 e. The van der Waals surface area contributed by atoms with Crippen LogP contribution in [0.15, 0.2) is 35.1 Å². The van der Waals surface area contributed by atoms with Crippen molar-refractivity contribution in [2.75, 3.05) is 13.6 Å². The quantitative estimate of drug-likeness (QED) is 0.761. The molecule has 0 radical (unpaired) electrons. The van der Waals surface area contributed by atoms with Gasteiger partial charge in [0, 0.05) is 25.1 Å². The Balaban J connectivity index is 1.84.